The highest BCUT2D eigenvalue weighted by molar-refractivity contribution is 7.98. The highest BCUT2D eigenvalue weighted by Gasteiger charge is 2.23. The van der Waals surface area contributed by atoms with E-state index in [0.29, 0.717) is 28.8 Å². The topological polar surface area (TPSA) is 76.7 Å². The molecule has 5 rings (SSSR count). The number of imidazole rings is 1. The zero-order valence-electron chi connectivity index (χ0n) is 16.4. The van der Waals surface area contributed by atoms with Gasteiger partial charge in [-0.25, -0.2) is 9.97 Å². The second kappa shape index (κ2) is 7.50. The van der Waals surface area contributed by atoms with Crippen molar-refractivity contribution < 1.29 is 4.42 Å². The molecule has 6 nitrogen and oxygen atoms in total. The predicted molar refractivity (Wildman–Crippen MR) is 117 cm³/mol. The monoisotopic (exact) mass is 426 g/mol. The van der Waals surface area contributed by atoms with Crippen LogP contribution in [0.3, 0.4) is 0 Å². The molecule has 1 saturated carbocycles. The molecule has 0 bridgehead atoms. The molecule has 8 heteroatoms. The first kappa shape index (κ1) is 18.7. The van der Waals surface area contributed by atoms with Gasteiger partial charge in [-0.2, -0.15) is 0 Å². The number of aromatic amines is 1. The summed E-state index contributed by atoms with van der Waals surface area (Å²) in [5, 5.41) is 3.55. The molecule has 1 N–H and O–H groups in total. The highest BCUT2D eigenvalue weighted by atomic mass is 32.2. The van der Waals surface area contributed by atoms with Crippen molar-refractivity contribution in [3.63, 3.8) is 0 Å². The minimum absolute atomic E-state index is 0.121. The predicted octanol–water partition coefficient (Wildman–Crippen LogP) is 5.47. The zero-order valence-corrected chi connectivity index (χ0v) is 18.0. The van der Waals surface area contributed by atoms with Gasteiger partial charge < -0.3 is 14.0 Å². The molecule has 0 radical (unpaired) electrons. The Balaban J connectivity index is 1.44. The molecule has 1 aliphatic rings. The zero-order chi connectivity index (χ0) is 20.0. The van der Waals surface area contributed by atoms with Crippen molar-refractivity contribution in [2.24, 2.45) is 0 Å². The number of fused-ring (bicyclic) bond motifs is 1. The van der Waals surface area contributed by atoms with Gasteiger partial charge in [-0.1, -0.05) is 24.6 Å². The summed E-state index contributed by atoms with van der Waals surface area (Å²) in [6.07, 6.45) is 6.62. The number of aromatic nitrogens is 4. The van der Waals surface area contributed by atoms with Crippen LogP contribution in [0.15, 0.2) is 38.1 Å². The van der Waals surface area contributed by atoms with E-state index >= 15 is 0 Å². The number of thioether (sulfide) groups is 1. The molecule has 0 saturated heterocycles. The second-order valence-corrected chi connectivity index (χ2v) is 9.28. The number of hydrogen-bond acceptors (Lipinski definition) is 6. The first-order valence-electron chi connectivity index (χ1n) is 9.84. The molecule has 0 spiro atoms. The van der Waals surface area contributed by atoms with E-state index in [1.807, 2.05) is 17.5 Å². The molecule has 1 aliphatic carbocycles. The summed E-state index contributed by atoms with van der Waals surface area (Å²) >= 11 is 3.12. The van der Waals surface area contributed by atoms with Gasteiger partial charge in [-0.3, -0.25) is 4.79 Å². The number of hydrogen-bond donors (Lipinski definition) is 1. The van der Waals surface area contributed by atoms with Crippen molar-refractivity contribution in [2.45, 2.75) is 56.5 Å². The van der Waals surface area contributed by atoms with E-state index in [9.17, 15) is 4.79 Å². The Kier molecular flexibility index (Phi) is 4.83. The first-order chi connectivity index (χ1) is 14.1. The van der Waals surface area contributed by atoms with Crippen molar-refractivity contribution in [3.05, 3.63) is 51.3 Å². The van der Waals surface area contributed by atoms with Crippen LogP contribution >= 0.6 is 23.1 Å². The Bertz CT molecular complexity index is 1210. The number of furan rings is 1. The molecule has 0 aliphatic heterocycles. The van der Waals surface area contributed by atoms with Gasteiger partial charge in [0, 0.05) is 22.7 Å². The Morgan fingerprint density at radius 1 is 1.31 bits per heavy atom. The van der Waals surface area contributed by atoms with Gasteiger partial charge in [0.25, 0.3) is 5.56 Å². The molecular weight excluding hydrogens is 404 g/mol. The quantitative estimate of drug-likeness (QED) is 0.429. The third kappa shape index (κ3) is 3.34. The van der Waals surface area contributed by atoms with Crippen LogP contribution in [-0.4, -0.2) is 19.5 Å². The lowest BCUT2D eigenvalue weighted by Crippen LogP contribution is -2.11. The third-order valence-electron chi connectivity index (χ3n) is 5.66. The molecule has 0 aromatic carbocycles. The van der Waals surface area contributed by atoms with E-state index in [1.54, 1.807) is 18.0 Å². The molecule has 0 unspecified atom stereocenters. The van der Waals surface area contributed by atoms with Crippen molar-refractivity contribution >= 4 is 33.3 Å². The Labute approximate surface area is 176 Å². The summed E-state index contributed by atoms with van der Waals surface area (Å²) < 4.78 is 7.86. The van der Waals surface area contributed by atoms with Crippen LogP contribution in [0.2, 0.25) is 0 Å². The van der Waals surface area contributed by atoms with Crippen LogP contribution in [0, 0.1) is 13.8 Å². The van der Waals surface area contributed by atoms with Crippen LogP contribution in [0.4, 0.5) is 0 Å². The van der Waals surface area contributed by atoms with Crippen LogP contribution in [0.5, 0.6) is 0 Å². The van der Waals surface area contributed by atoms with Crippen molar-refractivity contribution in [3.8, 4) is 11.3 Å². The summed E-state index contributed by atoms with van der Waals surface area (Å²) in [6, 6.07) is 4.22. The number of rotatable bonds is 5. The van der Waals surface area contributed by atoms with Gasteiger partial charge in [0.05, 0.1) is 23.1 Å². The van der Waals surface area contributed by atoms with E-state index in [-0.39, 0.29) is 5.56 Å². The lowest BCUT2D eigenvalue weighted by Gasteiger charge is -2.16. The average Bonchev–Trinajstić information content (AvgIpc) is 3.48. The molecule has 29 heavy (non-hydrogen) atoms. The maximum absolute atomic E-state index is 12.8. The highest BCUT2D eigenvalue weighted by Crippen LogP contribution is 2.36. The minimum atomic E-state index is -0.121. The fraction of sp³-hybridized carbons (Fsp3) is 0.381. The van der Waals surface area contributed by atoms with Crippen molar-refractivity contribution in [1.82, 2.24) is 19.5 Å². The maximum atomic E-state index is 12.8. The largest absolute Gasteiger partial charge is 0.464 e. The Morgan fingerprint density at radius 2 is 2.14 bits per heavy atom. The smallest absolute Gasteiger partial charge is 0.260 e. The summed E-state index contributed by atoms with van der Waals surface area (Å²) in [6.45, 7) is 4.22. The van der Waals surface area contributed by atoms with Crippen LogP contribution < -0.4 is 5.56 Å². The van der Waals surface area contributed by atoms with Crippen molar-refractivity contribution in [2.75, 3.05) is 0 Å². The maximum Gasteiger partial charge on any atom is 0.260 e. The van der Waals surface area contributed by atoms with E-state index < -0.39 is 0 Å². The van der Waals surface area contributed by atoms with Gasteiger partial charge in [0.15, 0.2) is 5.16 Å². The fourth-order valence-corrected chi connectivity index (χ4v) is 6.07. The van der Waals surface area contributed by atoms with Crippen LogP contribution in [0.1, 0.15) is 48.9 Å². The summed E-state index contributed by atoms with van der Waals surface area (Å²) in [7, 11) is 0. The lowest BCUT2D eigenvalue weighted by atomic mass is 10.2. The van der Waals surface area contributed by atoms with E-state index in [0.717, 1.165) is 21.2 Å². The standard InChI is InChI=1S/C21H22N4O2S2/c1-12-13(2)25(14-6-3-4-7-14)21(22-12)29-11-17-23-19(26)18-15(10-28-20(18)24-17)16-8-5-9-27-16/h5,8-10,14H,3-4,6-7,11H2,1-2H3,(H,23,24,26). The minimum Gasteiger partial charge on any atom is -0.464 e. The molecular formula is C21H22N4O2S2. The van der Waals surface area contributed by atoms with E-state index in [1.165, 1.54) is 42.7 Å². The fourth-order valence-electron chi connectivity index (χ4n) is 4.10. The molecule has 0 atom stereocenters. The van der Waals surface area contributed by atoms with Crippen LogP contribution in [-0.2, 0) is 5.75 Å². The summed E-state index contributed by atoms with van der Waals surface area (Å²) in [5.74, 6) is 1.95. The molecule has 0 amide bonds. The normalized spacial score (nSPS) is 15.0. The third-order valence-corrected chi connectivity index (χ3v) is 7.50. The van der Waals surface area contributed by atoms with Gasteiger partial charge in [-0.05, 0) is 38.8 Å². The number of nitrogens with one attached hydrogen (secondary N) is 1. The summed E-state index contributed by atoms with van der Waals surface area (Å²) in [4.78, 5) is 26.0. The number of nitrogens with zero attached hydrogens (tertiary/aromatic N) is 3. The lowest BCUT2D eigenvalue weighted by molar-refractivity contribution is 0.471. The average molecular weight is 427 g/mol. The molecule has 1 fully saturated rings. The SMILES string of the molecule is Cc1nc(SCc2nc3scc(-c4ccco4)c3c(=O)[nH]2)n(C2CCCC2)c1C. The Hall–Kier alpha value is -2.32. The summed E-state index contributed by atoms with van der Waals surface area (Å²) in [5.41, 5.74) is 3.01. The molecule has 4 aromatic heterocycles. The van der Waals surface area contributed by atoms with E-state index in [2.05, 4.69) is 23.4 Å². The molecule has 4 heterocycles. The van der Waals surface area contributed by atoms with E-state index in [4.69, 9.17) is 14.4 Å². The van der Waals surface area contributed by atoms with Gasteiger partial charge in [-0.15, -0.1) is 11.3 Å². The second-order valence-electron chi connectivity index (χ2n) is 7.48. The van der Waals surface area contributed by atoms with Gasteiger partial charge >= 0.3 is 0 Å². The number of thiophene rings is 1. The van der Waals surface area contributed by atoms with Crippen LogP contribution in [0.25, 0.3) is 21.5 Å². The Morgan fingerprint density at radius 3 is 2.90 bits per heavy atom. The van der Waals surface area contributed by atoms with Gasteiger partial charge in [0.2, 0.25) is 0 Å². The number of aryl methyl sites for hydroxylation is 1. The van der Waals surface area contributed by atoms with Gasteiger partial charge in [0.1, 0.15) is 16.4 Å². The first-order valence-corrected chi connectivity index (χ1v) is 11.7. The van der Waals surface area contributed by atoms with Crippen molar-refractivity contribution in [1.29, 1.82) is 0 Å². The molecule has 150 valence electrons. The number of H-pyrrole nitrogens is 1. The molecule has 4 aromatic rings.